The molecule has 5 N–H and O–H groups in total. The van der Waals surface area contributed by atoms with E-state index in [-0.39, 0.29) is 45.6 Å². The number of carbonyl (C=O) groups excluding carboxylic acids is 2. The SMILES string of the molecule is CCC(=O)N[C@@H]1CC[C@@H](Nc2c(C(=O)C(C)(C)C)cnc3ccc(-c4cc(Cl)c(O)c(Cl)c4)cc23)C[C@H]1N. The van der Waals surface area contributed by atoms with E-state index in [0.717, 1.165) is 34.9 Å². The predicted molar refractivity (Wildman–Crippen MR) is 154 cm³/mol. The third kappa shape index (κ3) is 5.90. The van der Waals surface area contributed by atoms with Gasteiger partial charge in [-0.15, -0.1) is 0 Å². The molecule has 3 atom stereocenters. The average molecular weight is 558 g/mol. The van der Waals surface area contributed by atoms with Crippen molar-refractivity contribution < 1.29 is 14.7 Å². The van der Waals surface area contributed by atoms with Gasteiger partial charge in [-0.3, -0.25) is 14.6 Å². The number of hydrogen-bond acceptors (Lipinski definition) is 6. The lowest BCUT2D eigenvalue weighted by atomic mass is 9.84. The minimum absolute atomic E-state index is 0.00276. The maximum Gasteiger partial charge on any atom is 0.219 e. The highest BCUT2D eigenvalue weighted by molar-refractivity contribution is 6.37. The van der Waals surface area contributed by atoms with Crippen molar-refractivity contribution in [3.63, 3.8) is 0 Å². The van der Waals surface area contributed by atoms with Crippen LogP contribution in [0, 0.1) is 5.41 Å². The number of aromatic hydroxyl groups is 1. The number of ketones is 1. The molecule has 1 aliphatic rings. The molecule has 0 aliphatic heterocycles. The maximum atomic E-state index is 13.5. The molecule has 1 saturated carbocycles. The number of phenolic OH excluding ortho intramolecular Hbond substituents is 1. The van der Waals surface area contributed by atoms with Gasteiger partial charge in [0.1, 0.15) is 0 Å². The minimum atomic E-state index is -0.611. The first-order chi connectivity index (χ1) is 17.9. The number of halogens is 2. The summed E-state index contributed by atoms with van der Waals surface area (Å²) in [6, 6.07) is 8.79. The van der Waals surface area contributed by atoms with Gasteiger partial charge in [0.05, 0.1) is 26.8 Å². The molecule has 0 radical (unpaired) electrons. The number of nitrogens with two attached hydrogens (primary N) is 1. The highest BCUT2D eigenvalue weighted by atomic mass is 35.5. The lowest BCUT2D eigenvalue weighted by molar-refractivity contribution is -0.121. The zero-order valence-electron chi connectivity index (χ0n) is 22.1. The molecule has 1 heterocycles. The first-order valence-electron chi connectivity index (χ1n) is 12.9. The van der Waals surface area contributed by atoms with E-state index in [1.165, 1.54) is 0 Å². The maximum absolute atomic E-state index is 13.5. The largest absolute Gasteiger partial charge is 0.505 e. The number of fused-ring (bicyclic) bond motifs is 1. The molecule has 2 aromatic carbocycles. The highest BCUT2D eigenvalue weighted by Gasteiger charge is 2.32. The fourth-order valence-corrected chi connectivity index (χ4v) is 5.35. The second-order valence-corrected chi connectivity index (χ2v) is 11.8. The van der Waals surface area contributed by atoms with Crippen LogP contribution in [0.5, 0.6) is 5.75 Å². The van der Waals surface area contributed by atoms with E-state index in [2.05, 4.69) is 15.6 Å². The Labute approximate surface area is 233 Å². The number of hydrogen-bond donors (Lipinski definition) is 4. The normalized spacial score (nSPS) is 19.8. The number of amides is 1. The Balaban J connectivity index is 1.76. The van der Waals surface area contributed by atoms with E-state index in [9.17, 15) is 14.7 Å². The second kappa shape index (κ2) is 11.1. The van der Waals surface area contributed by atoms with Crippen LogP contribution in [0.1, 0.15) is 63.7 Å². The van der Waals surface area contributed by atoms with Crippen molar-refractivity contribution in [1.29, 1.82) is 0 Å². The van der Waals surface area contributed by atoms with Crippen molar-refractivity contribution in [2.75, 3.05) is 5.32 Å². The van der Waals surface area contributed by atoms with Crippen LogP contribution in [0.25, 0.3) is 22.0 Å². The Morgan fingerprint density at radius 1 is 1.11 bits per heavy atom. The van der Waals surface area contributed by atoms with Crippen molar-refractivity contribution in [2.45, 2.75) is 71.5 Å². The molecule has 4 rings (SSSR count). The zero-order chi connectivity index (χ0) is 27.8. The third-order valence-corrected chi connectivity index (χ3v) is 7.64. The molecule has 7 nitrogen and oxygen atoms in total. The number of Topliss-reactive ketones (excluding diaryl/α,β-unsaturated/α-hetero) is 1. The number of nitrogens with one attached hydrogen (secondary N) is 2. The summed E-state index contributed by atoms with van der Waals surface area (Å²) in [6.07, 6.45) is 4.24. The van der Waals surface area contributed by atoms with E-state index in [4.69, 9.17) is 28.9 Å². The van der Waals surface area contributed by atoms with Crippen LogP contribution in [0.15, 0.2) is 36.5 Å². The van der Waals surface area contributed by atoms with Crippen molar-refractivity contribution >= 4 is 51.5 Å². The Morgan fingerprint density at radius 2 is 1.79 bits per heavy atom. The van der Waals surface area contributed by atoms with Gasteiger partial charge in [0.25, 0.3) is 0 Å². The van der Waals surface area contributed by atoms with Gasteiger partial charge in [-0.05, 0) is 54.7 Å². The zero-order valence-corrected chi connectivity index (χ0v) is 23.6. The molecule has 1 fully saturated rings. The fraction of sp³-hybridized carbons (Fsp3) is 0.414. The summed E-state index contributed by atoms with van der Waals surface area (Å²) in [5, 5.41) is 17.7. The van der Waals surface area contributed by atoms with Crippen LogP contribution in [0.4, 0.5) is 5.69 Å². The Bertz CT molecular complexity index is 1360. The number of carbonyl (C=O) groups is 2. The highest BCUT2D eigenvalue weighted by Crippen LogP contribution is 2.39. The summed E-state index contributed by atoms with van der Waals surface area (Å²) in [4.78, 5) is 30.0. The molecule has 9 heteroatoms. The number of nitrogens with zero attached hydrogens (tertiary/aromatic N) is 1. The van der Waals surface area contributed by atoms with E-state index in [1.54, 1.807) is 18.3 Å². The van der Waals surface area contributed by atoms with Crippen molar-refractivity contribution in [1.82, 2.24) is 10.3 Å². The lowest BCUT2D eigenvalue weighted by Gasteiger charge is -2.36. The van der Waals surface area contributed by atoms with Gasteiger partial charge in [0, 0.05) is 41.5 Å². The molecule has 3 aromatic rings. The quantitative estimate of drug-likeness (QED) is 0.263. The van der Waals surface area contributed by atoms with Gasteiger partial charge in [-0.25, -0.2) is 0 Å². The molecule has 1 aromatic heterocycles. The standard InChI is InChI=1S/C29H34Cl2N4O3/c1-5-25(36)35-24-9-7-17(13-22(24)32)34-26-18-10-15(16-11-20(30)27(37)21(31)12-16)6-8-23(18)33-14-19(26)28(38)29(2,3)4/h6,8,10-12,14,17,22,24,37H,5,7,9,13,32H2,1-4H3,(H,33,34)(H,35,36)/t17-,22-,24-/m1/s1. The molecule has 0 spiro atoms. The van der Waals surface area contributed by atoms with Crippen LogP contribution < -0.4 is 16.4 Å². The number of anilines is 1. The van der Waals surface area contributed by atoms with Crippen molar-refractivity contribution in [2.24, 2.45) is 11.1 Å². The minimum Gasteiger partial charge on any atom is -0.505 e. The number of aromatic nitrogens is 1. The summed E-state index contributed by atoms with van der Waals surface area (Å²) in [6.45, 7) is 7.48. The summed E-state index contributed by atoms with van der Waals surface area (Å²) < 4.78 is 0. The molecular formula is C29H34Cl2N4O3. The van der Waals surface area contributed by atoms with E-state index in [0.29, 0.717) is 24.1 Å². The van der Waals surface area contributed by atoms with E-state index < -0.39 is 5.41 Å². The van der Waals surface area contributed by atoms with Crippen LogP contribution >= 0.6 is 23.2 Å². The number of benzene rings is 2. The predicted octanol–water partition coefficient (Wildman–Crippen LogP) is 6.33. The molecule has 0 unspecified atom stereocenters. The van der Waals surface area contributed by atoms with E-state index >= 15 is 0 Å². The lowest BCUT2D eigenvalue weighted by Crippen LogP contribution is -2.53. The molecule has 0 bridgehead atoms. The first-order valence-corrected chi connectivity index (χ1v) is 13.6. The first kappa shape index (κ1) is 28.1. The summed E-state index contributed by atoms with van der Waals surface area (Å²) >= 11 is 12.4. The van der Waals surface area contributed by atoms with Crippen LogP contribution in [0.2, 0.25) is 10.0 Å². The molecule has 202 valence electrons. The van der Waals surface area contributed by atoms with Crippen LogP contribution in [-0.4, -0.2) is 39.9 Å². The molecule has 38 heavy (non-hydrogen) atoms. The smallest absolute Gasteiger partial charge is 0.219 e. The summed E-state index contributed by atoms with van der Waals surface area (Å²) in [7, 11) is 0. The fourth-order valence-electron chi connectivity index (χ4n) is 4.86. The van der Waals surface area contributed by atoms with Gasteiger partial charge in [-0.2, -0.15) is 0 Å². The topological polar surface area (TPSA) is 117 Å². The van der Waals surface area contributed by atoms with Gasteiger partial charge in [0.15, 0.2) is 11.5 Å². The second-order valence-electron chi connectivity index (χ2n) is 11.0. The molecule has 1 amide bonds. The average Bonchev–Trinajstić information content (AvgIpc) is 2.87. The van der Waals surface area contributed by atoms with Gasteiger partial charge < -0.3 is 21.5 Å². The molecular weight excluding hydrogens is 523 g/mol. The van der Waals surface area contributed by atoms with Crippen molar-refractivity contribution in [3.05, 3.63) is 52.1 Å². The van der Waals surface area contributed by atoms with Gasteiger partial charge >= 0.3 is 0 Å². The van der Waals surface area contributed by atoms with Crippen LogP contribution in [-0.2, 0) is 4.79 Å². The number of pyridine rings is 1. The Hall–Kier alpha value is -2.87. The third-order valence-electron chi connectivity index (χ3n) is 7.06. The Kier molecular flexibility index (Phi) is 8.21. The number of phenols is 1. The van der Waals surface area contributed by atoms with Gasteiger partial charge in [0.2, 0.25) is 5.91 Å². The van der Waals surface area contributed by atoms with E-state index in [1.807, 2.05) is 45.9 Å². The monoisotopic (exact) mass is 556 g/mol. The van der Waals surface area contributed by atoms with Gasteiger partial charge in [-0.1, -0.05) is 57.0 Å². The van der Waals surface area contributed by atoms with Crippen molar-refractivity contribution in [3.8, 4) is 16.9 Å². The Morgan fingerprint density at radius 3 is 2.39 bits per heavy atom. The summed E-state index contributed by atoms with van der Waals surface area (Å²) in [5.74, 6) is -0.192. The van der Waals surface area contributed by atoms with Crippen LogP contribution in [0.3, 0.4) is 0 Å². The molecule has 1 aliphatic carbocycles. The summed E-state index contributed by atoms with van der Waals surface area (Å²) in [5.41, 5.74) is 9.35. The number of rotatable bonds is 6. The molecule has 0 saturated heterocycles.